The fourth-order valence-corrected chi connectivity index (χ4v) is 1.90. The molecule has 0 fully saturated rings. The summed E-state index contributed by atoms with van der Waals surface area (Å²) in [7, 11) is 0. The molecule has 0 amide bonds. The van der Waals surface area contributed by atoms with Gasteiger partial charge < -0.3 is 10.1 Å². The molecule has 2 aromatic rings. The molecule has 0 radical (unpaired) electrons. The minimum atomic E-state index is -0.116. The summed E-state index contributed by atoms with van der Waals surface area (Å²) in [5, 5.41) is 4.04. The molecule has 0 bridgehead atoms. The van der Waals surface area contributed by atoms with Crippen molar-refractivity contribution in [3.8, 4) is 5.75 Å². The first-order valence-electron chi connectivity index (χ1n) is 5.10. The number of ether oxygens (including phenoxy) is 1. The lowest BCUT2D eigenvalue weighted by atomic mass is 10.2. The second kappa shape index (κ2) is 3.72. The third kappa shape index (κ3) is 1.61. The molecule has 1 aliphatic heterocycles. The second-order valence-electron chi connectivity index (χ2n) is 3.69. The van der Waals surface area contributed by atoms with Gasteiger partial charge in [0.1, 0.15) is 5.75 Å². The van der Waals surface area contributed by atoms with Crippen LogP contribution in [-0.4, -0.2) is 0 Å². The highest BCUT2D eigenvalue weighted by Crippen LogP contribution is 2.37. The van der Waals surface area contributed by atoms with E-state index in [1.165, 1.54) is 0 Å². The fraction of sp³-hybridized carbons (Fsp3) is 0.0769. The molecule has 80 valence electrons. The minimum Gasteiger partial charge on any atom is -0.464 e. The molecule has 0 saturated carbocycles. The molecule has 2 aromatic carbocycles. The van der Waals surface area contributed by atoms with Gasteiger partial charge in [-0.1, -0.05) is 35.9 Å². The van der Waals surface area contributed by atoms with Crippen molar-refractivity contribution in [3.63, 3.8) is 0 Å². The van der Waals surface area contributed by atoms with Gasteiger partial charge in [-0.05, 0) is 24.3 Å². The van der Waals surface area contributed by atoms with Crippen LogP contribution in [0.4, 0.5) is 5.69 Å². The van der Waals surface area contributed by atoms with Crippen molar-refractivity contribution < 1.29 is 4.74 Å². The smallest absolute Gasteiger partial charge is 0.196 e. The summed E-state index contributed by atoms with van der Waals surface area (Å²) in [6.45, 7) is 0. The van der Waals surface area contributed by atoms with E-state index in [1.54, 1.807) is 0 Å². The summed E-state index contributed by atoms with van der Waals surface area (Å²) >= 11 is 5.85. The van der Waals surface area contributed by atoms with Gasteiger partial charge in [-0.25, -0.2) is 0 Å². The number of hydrogen-bond donors (Lipinski definition) is 1. The summed E-state index contributed by atoms with van der Waals surface area (Å²) in [6, 6.07) is 15.6. The molecule has 1 heterocycles. The number of benzene rings is 2. The highest BCUT2D eigenvalue weighted by Gasteiger charge is 2.22. The molecule has 1 atom stereocenters. The van der Waals surface area contributed by atoms with E-state index in [4.69, 9.17) is 16.3 Å². The molecule has 0 saturated heterocycles. The van der Waals surface area contributed by atoms with Gasteiger partial charge in [-0.2, -0.15) is 0 Å². The number of hydrogen-bond acceptors (Lipinski definition) is 2. The minimum absolute atomic E-state index is 0.116. The number of rotatable bonds is 1. The first-order chi connectivity index (χ1) is 7.83. The number of fused-ring (bicyclic) bond motifs is 1. The Balaban J connectivity index is 1.88. The normalized spacial score (nSPS) is 17.4. The maximum absolute atomic E-state index is 5.85. The van der Waals surface area contributed by atoms with Gasteiger partial charge in [-0.3, -0.25) is 0 Å². The highest BCUT2D eigenvalue weighted by molar-refractivity contribution is 6.30. The van der Waals surface area contributed by atoms with E-state index in [-0.39, 0.29) is 6.23 Å². The van der Waals surface area contributed by atoms with Crippen LogP contribution < -0.4 is 10.1 Å². The zero-order chi connectivity index (χ0) is 11.0. The molecule has 1 unspecified atom stereocenters. The van der Waals surface area contributed by atoms with E-state index in [2.05, 4.69) is 5.32 Å². The van der Waals surface area contributed by atoms with Crippen LogP contribution >= 0.6 is 11.6 Å². The lowest BCUT2D eigenvalue weighted by Gasteiger charge is -2.11. The van der Waals surface area contributed by atoms with Crippen LogP contribution in [0.5, 0.6) is 5.75 Å². The molecule has 16 heavy (non-hydrogen) atoms. The predicted molar refractivity (Wildman–Crippen MR) is 64.9 cm³/mol. The molecule has 0 spiro atoms. The Morgan fingerprint density at radius 3 is 2.50 bits per heavy atom. The van der Waals surface area contributed by atoms with E-state index < -0.39 is 0 Å². The molecule has 2 nitrogen and oxygen atoms in total. The molecular formula is C13H10ClNO. The zero-order valence-corrected chi connectivity index (χ0v) is 9.24. The van der Waals surface area contributed by atoms with E-state index in [0.717, 1.165) is 22.0 Å². The standard InChI is InChI=1S/C13H10ClNO/c14-10-7-5-9(6-8-10)13-15-11-3-1-2-4-12(11)16-13/h1-8,13,15H. The lowest BCUT2D eigenvalue weighted by molar-refractivity contribution is 0.260. The van der Waals surface area contributed by atoms with Crippen molar-refractivity contribution in [3.05, 3.63) is 59.1 Å². The van der Waals surface area contributed by atoms with Gasteiger partial charge in [-0.15, -0.1) is 0 Å². The Bertz CT molecular complexity index is 485. The second-order valence-corrected chi connectivity index (χ2v) is 4.13. The monoisotopic (exact) mass is 231 g/mol. The largest absolute Gasteiger partial charge is 0.464 e. The van der Waals surface area contributed by atoms with Crippen LogP contribution in [0.15, 0.2) is 48.5 Å². The summed E-state index contributed by atoms with van der Waals surface area (Å²) in [6.07, 6.45) is -0.116. The van der Waals surface area contributed by atoms with Gasteiger partial charge in [0.2, 0.25) is 0 Å². The Morgan fingerprint density at radius 2 is 1.75 bits per heavy atom. The van der Waals surface area contributed by atoms with Crippen molar-refractivity contribution in [1.29, 1.82) is 0 Å². The van der Waals surface area contributed by atoms with Crippen LogP contribution in [0, 0.1) is 0 Å². The Kier molecular flexibility index (Phi) is 2.22. The summed E-state index contributed by atoms with van der Waals surface area (Å²) in [5.41, 5.74) is 2.10. The van der Waals surface area contributed by atoms with Crippen molar-refractivity contribution in [2.24, 2.45) is 0 Å². The Morgan fingerprint density at radius 1 is 1.00 bits per heavy atom. The van der Waals surface area contributed by atoms with Gasteiger partial charge in [0.15, 0.2) is 6.23 Å². The molecule has 0 aromatic heterocycles. The van der Waals surface area contributed by atoms with Crippen molar-refractivity contribution in [1.82, 2.24) is 0 Å². The van der Waals surface area contributed by atoms with E-state index in [9.17, 15) is 0 Å². The number of nitrogens with one attached hydrogen (secondary N) is 1. The lowest BCUT2D eigenvalue weighted by Crippen LogP contribution is -2.09. The van der Waals surface area contributed by atoms with Crippen LogP contribution in [0.3, 0.4) is 0 Å². The van der Waals surface area contributed by atoms with Gasteiger partial charge >= 0.3 is 0 Å². The van der Waals surface area contributed by atoms with E-state index in [0.29, 0.717) is 0 Å². The number of anilines is 1. The average molecular weight is 232 g/mol. The Hall–Kier alpha value is -1.67. The molecule has 3 rings (SSSR count). The van der Waals surface area contributed by atoms with Crippen LogP contribution in [-0.2, 0) is 0 Å². The van der Waals surface area contributed by atoms with Crippen molar-refractivity contribution in [2.75, 3.05) is 5.32 Å². The third-order valence-corrected chi connectivity index (χ3v) is 2.84. The quantitative estimate of drug-likeness (QED) is 0.805. The molecule has 0 aliphatic carbocycles. The highest BCUT2D eigenvalue weighted by atomic mass is 35.5. The van der Waals surface area contributed by atoms with E-state index >= 15 is 0 Å². The first kappa shape index (κ1) is 9.55. The van der Waals surface area contributed by atoms with Crippen LogP contribution in [0.25, 0.3) is 0 Å². The first-order valence-corrected chi connectivity index (χ1v) is 5.48. The Labute approximate surface area is 98.8 Å². The summed E-state index contributed by atoms with van der Waals surface area (Å²) < 4.78 is 5.78. The van der Waals surface area contributed by atoms with Crippen molar-refractivity contribution >= 4 is 17.3 Å². The number of halogens is 1. The molecule has 1 aliphatic rings. The van der Waals surface area contributed by atoms with Gasteiger partial charge in [0.05, 0.1) is 5.69 Å². The third-order valence-electron chi connectivity index (χ3n) is 2.59. The maximum atomic E-state index is 5.85. The average Bonchev–Trinajstić information content (AvgIpc) is 2.73. The van der Waals surface area contributed by atoms with Crippen LogP contribution in [0.2, 0.25) is 5.02 Å². The molecule has 1 N–H and O–H groups in total. The van der Waals surface area contributed by atoms with Gasteiger partial charge in [0, 0.05) is 10.6 Å². The SMILES string of the molecule is Clc1ccc(C2Nc3ccccc3O2)cc1. The predicted octanol–water partition coefficient (Wildman–Crippen LogP) is 3.84. The topological polar surface area (TPSA) is 21.3 Å². The zero-order valence-electron chi connectivity index (χ0n) is 8.48. The van der Waals surface area contributed by atoms with E-state index in [1.807, 2.05) is 48.5 Å². The van der Waals surface area contributed by atoms with Crippen molar-refractivity contribution in [2.45, 2.75) is 6.23 Å². The van der Waals surface area contributed by atoms with Gasteiger partial charge in [0.25, 0.3) is 0 Å². The fourth-order valence-electron chi connectivity index (χ4n) is 1.78. The molecule has 3 heteroatoms. The number of para-hydroxylation sites is 2. The van der Waals surface area contributed by atoms with Crippen LogP contribution in [0.1, 0.15) is 11.8 Å². The summed E-state index contributed by atoms with van der Waals surface area (Å²) in [5.74, 6) is 0.891. The molecular weight excluding hydrogens is 222 g/mol. The summed E-state index contributed by atoms with van der Waals surface area (Å²) in [4.78, 5) is 0. The maximum Gasteiger partial charge on any atom is 0.196 e.